The van der Waals surface area contributed by atoms with Crippen LogP contribution in [0, 0.1) is 0 Å². The molecule has 0 aliphatic rings. The molecule has 0 atom stereocenters. The summed E-state index contributed by atoms with van der Waals surface area (Å²) in [5, 5.41) is 6.08. The van der Waals surface area contributed by atoms with Gasteiger partial charge in [-0.05, 0) is 41.3 Å². The van der Waals surface area contributed by atoms with E-state index >= 15 is 0 Å². The van der Waals surface area contributed by atoms with Crippen LogP contribution in [0.1, 0.15) is 36.8 Å². The van der Waals surface area contributed by atoms with Crippen molar-refractivity contribution in [3.63, 3.8) is 0 Å². The van der Waals surface area contributed by atoms with E-state index in [-0.39, 0.29) is 17.0 Å². The number of carbonyl (C=O) groups is 1. The number of benzene rings is 2. The minimum absolute atomic E-state index is 0.0817. The van der Waals surface area contributed by atoms with Gasteiger partial charge >= 0.3 is 0 Å². The van der Waals surface area contributed by atoms with Crippen LogP contribution in [0.3, 0.4) is 0 Å². The summed E-state index contributed by atoms with van der Waals surface area (Å²) in [4.78, 5) is 21.1. The van der Waals surface area contributed by atoms with Gasteiger partial charge in [0.25, 0.3) is 5.91 Å². The van der Waals surface area contributed by atoms with Gasteiger partial charge in [-0.3, -0.25) is 4.79 Å². The molecule has 6 nitrogen and oxygen atoms in total. The highest BCUT2D eigenvalue weighted by molar-refractivity contribution is 6.03. The predicted molar refractivity (Wildman–Crippen MR) is 111 cm³/mol. The average Bonchev–Trinajstić information content (AvgIpc) is 2.69. The van der Waals surface area contributed by atoms with Gasteiger partial charge in [0, 0.05) is 11.4 Å². The van der Waals surface area contributed by atoms with Crippen molar-refractivity contribution in [3.05, 3.63) is 72.2 Å². The molecule has 0 saturated heterocycles. The molecule has 0 fully saturated rings. The van der Waals surface area contributed by atoms with Crippen molar-refractivity contribution >= 4 is 23.1 Å². The number of nitrogens with one attached hydrogen (secondary N) is 2. The number of nitrogens with zero attached hydrogens (tertiary/aromatic N) is 2. The monoisotopic (exact) mass is 376 g/mol. The van der Waals surface area contributed by atoms with Crippen LogP contribution in [0.5, 0.6) is 5.75 Å². The molecule has 6 heteroatoms. The highest BCUT2D eigenvalue weighted by atomic mass is 16.5. The molecule has 0 aliphatic heterocycles. The van der Waals surface area contributed by atoms with Crippen molar-refractivity contribution in [2.75, 3.05) is 17.7 Å². The third-order valence-corrected chi connectivity index (χ3v) is 4.23. The molecule has 3 aromatic rings. The second-order valence-electron chi connectivity index (χ2n) is 7.39. The summed E-state index contributed by atoms with van der Waals surface area (Å²) in [6.45, 7) is 6.33. The molecule has 144 valence electrons. The molecule has 1 amide bonds. The lowest BCUT2D eigenvalue weighted by Gasteiger charge is -2.22. The van der Waals surface area contributed by atoms with Crippen LogP contribution in [0.4, 0.5) is 17.2 Å². The van der Waals surface area contributed by atoms with E-state index in [0.717, 1.165) is 22.7 Å². The number of hydrogen-bond acceptors (Lipinski definition) is 5. The van der Waals surface area contributed by atoms with Crippen LogP contribution in [0.25, 0.3) is 0 Å². The highest BCUT2D eigenvalue weighted by Gasteiger charge is 2.19. The number of para-hydroxylation sites is 1. The maximum atomic E-state index is 12.6. The first kappa shape index (κ1) is 19.4. The molecule has 0 unspecified atom stereocenters. The molecular weight excluding hydrogens is 352 g/mol. The lowest BCUT2D eigenvalue weighted by Crippen LogP contribution is -2.19. The Morgan fingerprint density at radius 3 is 2.29 bits per heavy atom. The van der Waals surface area contributed by atoms with Gasteiger partial charge in [-0.15, -0.1) is 0 Å². The van der Waals surface area contributed by atoms with E-state index in [0.29, 0.717) is 5.82 Å². The summed E-state index contributed by atoms with van der Waals surface area (Å²) in [6, 6.07) is 15.2. The van der Waals surface area contributed by atoms with Crippen LogP contribution >= 0.6 is 0 Å². The molecule has 28 heavy (non-hydrogen) atoms. The van der Waals surface area contributed by atoms with Gasteiger partial charge in [-0.1, -0.05) is 39.0 Å². The fourth-order valence-corrected chi connectivity index (χ4v) is 2.76. The van der Waals surface area contributed by atoms with Gasteiger partial charge in [0.15, 0.2) is 0 Å². The van der Waals surface area contributed by atoms with E-state index in [1.807, 2.05) is 48.5 Å². The maximum absolute atomic E-state index is 12.6. The molecule has 0 bridgehead atoms. The molecule has 0 aliphatic carbocycles. The fourth-order valence-electron chi connectivity index (χ4n) is 2.76. The van der Waals surface area contributed by atoms with Crippen molar-refractivity contribution in [1.29, 1.82) is 0 Å². The zero-order valence-electron chi connectivity index (χ0n) is 16.5. The van der Waals surface area contributed by atoms with E-state index in [1.54, 1.807) is 7.11 Å². The number of methoxy groups -OCH3 is 1. The Labute approximate surface area is 165 Å². The number of anilines is 3. The van der Waals surface area contributed by atoms with Crippen molar-refractivity contribution < 1.29 is 9.53 Å². The summed E-state index contributed by atoms with van der Waals surface area (Å²) in [6.07, 6.45) is 3.00. The Bertz CT molecular complexity index is 946. The van der Waals surface area contributed by atoms with Gasteiger partial charge in [-0.25, -0.2) is 9.97 Å². The first-order chi connectivity index (χ1) is 13.4. The molecule has 0 saturated carbocycles. The van der Waals surface area contributed by atoms with E-state index in [9.17, 15) is 4.79 Å². The van der Waals surface area contributed by atoms with Crippen LogP contribution in [0.15, 0.2) is 60.9 Å². The summed E-state index contributed by atoms with van der Waals surface area (Å²) in [5.74, 6) is 1.04. The van der Waals surface area contributed by atoms with Crippen molar-refractivity contribution in [3.8, 4) is 5.75 Å². The van der Waals surface area contributed by atoms with Crippen molar-refractivity contribution in [1.82, 2.24) is 9.97 Å². The summed E-state index contributed by atoms with van der Waals surface area (Å²) in [7, 11) is 1.62. The Morgan fingerprint density at radius 1 is 0.964 bits per heavy atom. The van der Waals surface area contributed by atoms with Crippen molar-refractivity contribution in [2.45, 2.75) is 26.2 Å². The lowest BCUT2D eigenvalue weighted by atomic mass is 9.86. The first-order valence-corrected chi connectivity index (χ1v) is 9.01. The third kappa shape index (κ3) is 4.65. The second kappa shape index (κ2) is 8.08. The molecule has 2 aromatic carbocycles. The van der Waals surface area contributed by atoms with E-state index in [2.05, 4.69) is 41.4 Å². The van der Waals surface area contributed by atoms with Gasteiger partial charge < -0.3 is 15.4 Å². The Kier molecular flexibility index (Phi) is 5.59. The number of ether oxygens (including phenoxy) is 1. The molecule has 0 spiro atoms. The maximum Gasteiger partial charge on any atom is 0.275 e. The molecule has 3 rings (SSSR count). The minimum Gasteiger partial charge on any atom is -0.497 e. The first-order valence-electron chi connectivity index (χ1n) is 9.01. The zero-order chi connectivity index (χ0) is 20.1. The number of hydrogen-bond donors (Lipinski definition) is 2. The molecule has 0 radical (unpaired) electrons. The quantitative estimate of drug-likeness (QED) is 0.670. The number of carbonyl (C=O) groups excluding carboxylic acids is 1. The van der Waals surface area contributed by atoms with E-state index in [4.69, 9.17) is 4.74 Å². The summed E-state index contributed by atoms with van der Waals surface area (Å²) >= 11 is 0. The SMILES string of the molecule is COc1ccc(Nc2cnc(C(=O)Nc3ccccc3C(C)(C)C)cn2)cc1. The van der Waals surface area contributed by atoms with Crippen molar-refractivity contribution in [2.24, 2.45) is 0 Å². The Morgan fingerprint density at radius 2 is 1.68 bits per heavy atom. The average molecular weight is 376 g/mol. The van der Waals surface area contributed by atoms with Gasteiger partial charge in [0.1, 0.15) is 17.3 Å². The highest BCUT2D eigenvalue weighted by Crippen LogP contribution is 2.29. The standard InChI is InChI=1S/C22H24N4O2/c1-22(2,3)17-7-5-6-8-18(17)26-21(27)19-13-24-20(14-23-19)25-15-9-11-16(28-4)12-10-15/h5-14H,1-4H3,(H,24,25)(H,26,27). The van der Waals surface area contributed by atoms with Crippen LogP contribution in [-0.2, 0) is 5.41 Å². The number of aromatic nitrogens is 2. The molecule has 1 aromatic heterocycles. The Hall–Kier alpha value is -3.41. The van der Waals surface area contributed by atoms with Gasteiger partial charge in [-0.2, -0.15) is 0 Å². The van der Waals surface area contributed by atoms with E-state index < -0.39 is 0 Å². The van der Waals surface area contributed by atoms with Crippen LogP contribution in [-0.4, -0.2) is 23.0 Å². The fraction of sp³-hybridized carbons (Fsp3) is 0.227. The van der Waals surface area contributed by atoms with Gasteiger partial charge in [0.05, 0.1) is 19.5 Å². The molecule has 1 heterocycles. The zero-order valence-corrected chi connectivity index (χ0v) is 16.5. The predicted octanol–water partition coefficient (Wildman–Crippen LogP) is 4.78. The topological polar surface area (TPSA) is 76.1 Å². The van der Waals surface area contributed by atoms with Gasteiger partial charge in [0.2, 0.25) is 0 Å². The van der Waals surface area contributed by atoms with E-state index in [1.165, 1.54) is 12.4 Å². The molecule has 2 N–H and O–H groups in total. The summed E-state index contributed by atoms with van der Waals surface area (Å²) < 4.78 is 5.14. The summed E-state index contributed by atoms with van der Waals surface area (Å²) in [5.41, 5.74) is 2.87. The smallest absolute Gasteiger partial charge is 0.275 e. The number of rotatable bonds is 5. The third-order valence-electron chi connectivity index (χ3n) is 4.23. The largest absolute Gasteiger partial charge is 0.497 e. The number of amides is 1. The van der Waals surface area contributed by atoms with Crippen LogP contribution in [0.2, 0.25) is 0 Å². The molecular formula is C22H24N4O2. The second-order valence-corrected chi connectivity index (χ2v) is 7.39. The normalized spacial score (nSPS) is 11.0. The van der Waals surface area contributed by atoms with Crippen LogP contribution < -0.4 is 15.4 Å². The minimum atomic E-state index is -0.291. The lowest BCUT2D eigenvalue weighted by molar-refractivity contribution is 0.102. The Balaban J connectivity index is 1.70.